The largest absolute Gasteiger partial charge is 0.481 e. The summed E-state index contributed by atoms with van der Waals surface area (Å²) in [5, 5.41) is 0.777. The first-order chi connectivity index (χ1) is 19.3. The Balaban J connectivity index is 1.37. The molecule has 0 N–H and O–H groups in total. The summed E-state index contributed by atoms with van der Waals surface area (Å²) in [7, 11) is 0. The minimum Gasteiger partial charge on any atom is -0.481 e. The van der Waals surface area contributed by atoms with Gasteiger partial charge in [0.2, 0.25) is 0 Å². The van der Waals surface area contributed by atoms with Gasteiger partial charge in [-0.25, -0.2) is 4.79 Å². The number of hydrogen-bond acceptors (Lipinski definition) is 6. The molecule has 0 aliphatic carbocycles. The maximum Gasteiger partial charge on any atom is 0.336 e. The van der Waals surface area contributed by atoms with Gasteiger partial charge in [0.15, 0.2) is 6.10 Å². The molecule has 7 heteroatoms. The van der Waals surface area contributed by atoms with Crippen molar-refractivity contribution in [3.8, 4) is 16.9 Å². The molecule has 5 rings (SSSR count). The molecular weight excluding hydrogens is 506 g/mol. The Bertz CT molecular complexity index is 1580. The van der Waals surface area contributed by atoms with Crippen molar-refractivity contribution in [2.75, 3.05) is 19.7 Å². The number of piperidine rings is 1. The third-order valence-electron chi connectivity index (χ3n) is 7.47. The highest BCUT2D eigenvalue weighted by Crippen LogP contribution is 2.33. The normalized spacial score (nSPS) is 17.8. The highest BCUT2D eigenvalue weighted by atomic mass is 16.5. The number of carbonyl (C=O) groups excluding carboxylic acids is 2. The van der Waals surface area contributed by atoms with Crippen molar-refractivity contribution in [1.82, 2.24) is 4.90 Å². The molecule has 0 bridgehead atoms. The molecule has 0 saturated carbocycles. The molecular formula is C33H33NO6. The molecule has 3 aromatic carbocycles. The van der Waals surface area contributed by atoms with Crippen LogP contribution in [0.25, 0.3) is 22.1 Å². The van der Waals surface area contributed by atoms with E-state index < -0.39 is 17.6 Å². The Hall–Kier alpha value is -4.39. The molecule has 40 heavy (non-hydrogen) atoms. The standard InChI is InChI=1S/C33H33NO6/c1-4-38-33(37)25-16-24(23-11-6-5-7-12-23)19-34(20-25)32(36)22(3)39-26-14-15-28-29(18-31(35)40-30(28)17-26)27-13-9-8-10-21(27)2/h5-15,17-18,22,24-25H,4,16,19-20H2,1-3H3/t22?,24?,25-/m0/s1. The number of benzene rings is 3. The van der Waals surface area contributed by atoms with E-state index in [9.17, 15) is 14.4 Å². The second kappa shape index (κ2) is 11.8. The molecule has 7 nitrogen and oxygen atoms in total. The minimum atomic E-state index is -0.818. The smallest absolute Gasteiger partial charge is 0.336 e. The number of amides is 1. The second-order valence-electron chi connectivity index (χ2n) is 10.2. The van der Waals surface area contributed by atoms with Crippen LogP contribution < -0.4 is 10.4 Å². The lowest BCUT2D eigenvalue weighted by Gasteiger charge is -2.38. The fourth-order valence-electron chi connectivity index (χ4n) is 5.50. The van der Waals surface area contributed by atoms with Gasteiger partial charge in [-0.3, -0.25) is 9.59 Å². The van der Waals surface area contributed by atoms with Crippen LogP contribution in [-0.2, 0) is 14.3 Å². The Labute approximate surface area is 233 Å². The van der Waals surface area contributed by atoms with Crippen molar-refractivity contribution in [2.45, 2.75) is 39.2 Å². The fourth-order valence-corrected chi connectivity index (χ4v) is 5.50. The first-order valence-electron chi connectivity index (χ1n) is 13.6. The van der Waals surface area contributed by atoms with Crippen LogP contribution in [0.2, 0.25) is 0 Å². The molecule has 1 aliphatic heterocycles. The molecule has 0 radical (unpaired) electrons. The van der Waals surface area contributed by atoms with E-state index in [1.165, 1.54) is 6.07 Å². The van der Waals surface area contributed by atoms with Crippen LogP contribution in [0.4, 0.5) is 0 Å². The first kappa shape index (κ1) is 27.2. The van der Waals surface area contributed by atoms with Gasteiger partial charge in [-0.05, 0) is 56.0 Å². The van der Waals surface area contributed by atoms with Gasteiger partial charge in [0.05, 0.1) is 12.5 Å². The zero-order chi connectivity index (χ0) is 28.2. The van der Waals surface area contributed by atoms with Crippen molar-refractivity contribution in [3.05, 3.63) is 100 Å². The Morgan fingerprint density at radius 3 is 2.48 bits per heavy atom. The Morgan fingerprint density at radius 2 is 1.73 bits per heavy atom. The summed E-state index contributed by atoms with van der Waals surface area (Å²) in [6.07, 6.45) is -0.199. The molecule has 1 aliphatic rings. The van der Waals surface area contributed by atoms with Crippen LogP contribution in [-0.4, -0.2) is 42.6 Å². The summed E-state index contributed by atoms with van der Waals surface area (Å²) < 4.78 is 16.9. The van der Waals surface area contributed by atoms with E-state index in [0.29, 0.717) is 30.9 Å². The van der Waals surface area contributed by atoms with Gasteiger partial charge in [-0.1, -0.05) is 54.6 Å². The number of fused-ring (bicyclic) bond motifs is 1. The van der Waals surface area contributed by atoms with Gasteiger partial charge in [-0.15, -0.1) is 0 Å². The van der Waals surface area contributed by atoms with E-state index in [2.05, 4.69) is 0 Å². The summed E-state index contributed by atoms with van der Waals surface area (Å²) in [5.74, 6) is -0.495. The lowest BCUT2D eigenvalue weighted by Crippen LogP contribution is -2.49. The van der Waals surface area contributed by atoms with Gasteiger partial charge in [0.25, 0.3) is 5.91 Å². The van der Waals surface area contributed by atoms with E-state index in [1.807, 2.05) is 67.6 Å². The SMILES string of the molecule is CCOC(=O)[C@H]1CC(c2ccccc2)CN(C(=O)C(C)Oc2ccc3c(-c4ccccc4C)cc(=O)oc3c2)C1. The summed E-state index contributed by atoms with van der Waals surface area (Å²) >= 11 is 0. The Morgan fingerprint density at radius 1 is 0.975 bits per heavy atom. The van der Waals surface area contributed by atoms with Gasteiger partial charge in [-0.2, -0.15) is 0 Å². The highest BCUT2D eigenvalue weighted by Gasteiger charge is 2.37. The Kier molecular flexibility index (Phi) is 8.01. The second-order valence-corrected chi connectivity index (χ2v) is 10.2. The van der Waals surface area contributed by atoms with Crippen LogP contribution in [0, 0.1) is 12.8 Å². The van der Waals surface area contributed by atoms with Crippen LogP contribution in [0.3, 0.4) is 0 Å². The number of rotatable bonds is 7. The number of carbonyl (C=O) groups is 2. The van der Waals surface area contributed by atoms with E-state index in [-0.39, 0.29) is 24.3 Å². The van der Waals surface area contributed by atoms with Crippen LogP contribution in [0.1, 0.15) is 37.3 Å². The van der Waals surface area contributed by atoms with E-state index in [0.717, 1.165) is 27.6 Å². The number of aryl methyl sites for hydroxylation is 1. The van der Waals surface area contributed by atoms with Gasteiger partial charge >= 0.3 is 11.6 Å². The van der Waals surface area contributed by atoms with Crippen LogP contribution in [0.5, 0.6) is 5.75 Å². The number of esters is 1. The number of hydrogen-bond donors (Lipinski definition) is 0. The monoisotopic (exact) mass is 539 g/mol. The predicted molar refractivity (Wildman–Crippen MR) is 153 cm³/mol. The topological polar surface area (TPSA) is 86.0 Å². The summed E-state index contributed by atoms with van der Waals surface area (Å²) in [6, 6.07) is 24.5. The van der Waals surface area contributed by atoms with Gasteiger partial charge in [0.1, 0.15) is 11.3 Å². The van der Waals surface area contributed by atoms with Crippen molar-refractivity contribution in [3.63, 3.8) is 0 Å². The third-order valence-corrected chi connectivity index (χ3v) is 7.47. The first-order valence-corrected chi connectivity index (χ1v) is 13.6. The molecule has 2 heterocycles. The summed E-state index contributed by atoms with van der Waals surface area (Å²) in [6.45, 7) is 6.53. The van der Waals surface area contributed by atoms with Crippen molar-refractivity contribution in [1.29, 1.82) is 0 Å². The zero-order valence-corrected chi connectivity index (χ0v) is 23.0. The maximum absolute atomic E-state index is 13.6. The predicted octanol–water partition coefficient (Wildman–Crippen LogP) is 5.73. The molecule has 1 fully saturated rings. The molecule has 1 amide bonds. The number of nitrogens with zero attached hydrogens (tertiary/aromatic N) is 1. The molecule has 4 aromatic rings. The summed E-state index contributed by atoms with van der Waals surface area (Å²) in [5.41, 5.74) is 3.78. The maximum atomic E-state index is 13.6. The van der Waals surface area contributed by atoms with E-state index >= 15 is 0 Å². The zero-order valence-electron chi connectivity index (χ0n) is 23.0. The third kappa shape index (κ3) is 5.78. The average Bonchev–Trinajstić information content (AvgIpc) is 2.96. The molecule has 1 saturated heterocycles. The van der Waals surface area contributed by atoms with E-state index in [1.54, 1.807) is 30.9 Å². The van der Waals surface area contributed by atoms with E-state index in [4.69, 9.17) is 13.9 Å². The van der Waals surface area contributed by atoms with Gasteiger partial charge in [0, 0.05) is 42.1 Å². The molecule has 2 unspecified atom stereocenters. The number of likely N-dealkylation sites (tertiary alicyclic amines) is 1. The average molecular weight is 540 g/mol. The lowest BCUT2D eigenvalue weighted by molar-refractivity contribution is -0.153. The summed E-state index contributed by atoms with van der Waals surface area (Å²) in [4.78, 5) is 40.4. The fraction of sp³-hybridized carbons (Fsp3) is 0.303. The molecule has 206 valence electrons. The van der Waals surface area contributed by atoms with Crippen molar-refractivity contribution < 1.29 is 23.5 Å². The number of ether oxygens (including phenoxy) is 2. The lowest BCUT2D eigenvalue weighted by atomic mass is 9.84. The molecule has 0 spiro atoms. The van der Waals surface area contributed by atoms with Crippen LogP contribution >= 0.6 is 0 Å². The minimum absolute atomic E-state index is 0.00955. The quantitative estimate of drug-likeness (QED) is 0.220. The molecule has 3 atom stereocenters. The van der Waals surface area contributed by atoms with Crippen molar-refractivity contribution >= 4 is 22.8 Å². The van der Waals surface area contributed by atoms with Gasteiger partial charge < -0.3 is 18.8 Å². The molecule has 1 aromatic heterocycles. The van der Waals surface area contributed by atoms with Crippen molar-refractivity contribution in [2.24, 2.45) is 5.92 Å². The van der Waals surface area contributed by atoms with Crippen LogP contribution in [0.15, 0.2) is 88.1 Å². The highest BCUT2D eigenvalue weighted by molar-refractivity contribution is 5.94.